The minimum absolute atomic E-state index is 0.126. The molecular weight excluding hydrogens is 453 g/mol. The third-order valence-electron chi connectivity index (χ3n) is 4.31. The van der Waals surface area contributed by atoms with Gasteiger partial charge in [-0.3, -0.25) is 4.79 Å². The Bertz CT molecular complexity index is 863. The molecule has 0 radical (unpaired) electrons. The average Bonchev–Trinajstić information content (AvgIpc) is 2.89. The molecule has 1 aliphatic heterocycles. The predicted octanol–water partition coefficient (Wildman–Crippen LogP) is 5.14. The molecule has 5 nitrogen and oxygen atoms in total. The van der Waals surface area contributed by atoms with Crippen molar-refractivity contribution >= 4 is 56.8 Å². The number of amides is 3. The van der Waals surface area contributed by atoms with Crippen LogP contribution < -0.4 is 5.32 Å². The van der Waals surface area contributed by atoms with Gasteiger partial charge in [-0.05, 0) is 42.8 Å². The third kappa shape index (κ3) is 5.15. The molecule has 0 saturated carbocycles. The molecule has 1 fully saturated rings. The van der Waals surface area contributed by atoms with Crippen LogP contribution in [0.4, 0.5) is 10.5 Å². The van der Waals surface area contributed by atoms with Gasteiger partial charge in [0.25, 0.3) is 5.91 Å². The van der Waals surface area contributed by atoms with E-state index in [1.165, 1.54) is 0 Å². The van der Waals surface area contributed by atoms with Crippen LogP contribution in [0.15, 0.2) is 46.9 Å². The molecule has 1 heterocycles. The molecule has 1 aliphatic rings. The van der Waals surface area contributed by atoms with Gasteiger partial charge in [0.1, 0.15) is 0 Å². The standard InChI is InChI=1S/C19H18BrCl2N3O2/c20-13-5-6-17(22)16(11-13)18(26)24-7-2-8-25(10-9-24)19(27)23-15-4-1-3-14(21)12-15/h1,3-6,11-12H,2,7-10H2,(H,23,27). The number of carbonyl (C=O) groups excluding carboxylic acids is 2. The highest BCUT2D eigenvalue weighted by atomic mass is 79.9. The van der Waals surface area contributed by atoms with Gasteiger partial charge in [-0.2, -0.15) is 0 Å². The number of anilines is 1. The summed E-state index contributed by atoms with van der Waals surface area (Å²) in [5, 5.41) is 3.83. The summed E-state index contributed by atoms with van der Waals surface area (Å²) in [5.41, 5.74) is 1.11. The van der Waals surface area contributed by atoms with E-state index in [1.54, 1.807) is 52.3 Å². The maximum atomic E-state index is 12.8. The second-order valence-corrected chi connectivity index (χ2v) is 7.96. The van der Waals surface area contributed by atoms with Gasteiger partial charge >= 0.3 is 6.03 Å². The summed E-state index contributed by atoms with van der Waals surface area (Å²) < 4.78 is 0.799. The molecule has 1 N–H and O–H groups in total. The van der Waals surface area contributed by atoms with Crippen LogP contribution >= 0.6 is 39.1 Å². The van der Waals surface area contributed by atoms with Crippen molar-refractivity contribution in [3.05, 3.63) is 62.5 Å². The van der Waals surface area contributed by atoms with E-state index >= 15 is 0 Å². The van der Waals surface area contributed by atoms with Crippen LogP contribution in [-0.4, -0.2) is 47.9 Å². The van der Waals surface area contributed by atoms with Gasteiger partial charge in [0, 0.05) is 41.4 Å². The molecule has 2 aromatic carbocycles. The van der Waals surface area contributed by atoms with Crippen molar-refractivity contribution in [2.24, 2.45) is 0 Å². The monoisotopic (exact) mass is 469 g/mol. The first-order chi connectivity index (χ1) is 12.9. The molecule has 8 heteroatoms. The van der Waals surface area contributed by atoms with Gasteiger partial charge in [0.05, 0.1) is 10.6 Å². The van der Waals surface area contributed by atoms with E-state index in [9.17, 15) is 9.59 Å². The smallest absolute Gasteiger partial charge is 0.321 e. The number of urea groups is 1. The number of halogens is 3. The maximum Gasteiger partial charge on any atom is 0.321 e. The Hall–Kier alpha value is -1.76. The summed E-state index contributed by atoms with van der Waals surface area (Å²) in [5.74, 6) is -0.126. The molecule has 0 atom stereocenters. The van der Waals surface area contributed by atoms with Crippen molar-refractivity contribution in [1.29, 1.82) is 0 Å². The highest BCUT2D eigenvalue weighted by Gasteiger charge is 2.24. The van der Waals surface area contributed by atoms with Gasteiger partial charge < -0.3 is 15.1 Å². The van der Waals surface area contributed by atoms with Crippen molar-refractivity contribution in [2.75, 3.05) is 31.5 Å². The van der Waals surface area contributed by atoms with Crippen LogP contribution in [0.25, 0.3) is 0 Å². The highest BCUT2D eigenvalue weighted by Crippen LogP contribution is 2.23. The molecule has 0 bridgehead atoms. The molecule has 142 valence electrons. The quantitative estimate of drug-likeness (QED) is 0.660. The Morgan fingerprint density at radius 3 is 2.48 bits per heavy atom. The number of carbonyl (C=O) groups is 2. The van der Waals surface area contributed by atoms with Crippen LogP contribution in [0.3, 0.4) is 0 Å². The van der Waals surface area contributed by atoms with Crippen LogP contribution in [0.2, 0.25) is 10.0 Å². The Morgan fingerprint density at radius 2 is 1.70 bits per heavy atom. The van der Waals surface area contributed by atoms with E-state index in [0.717, 1.165) is 4.47 Å². The van der Waals surface area contributed by atoms with Crippen LogP contribution in [0.5, 0.6) is 0 Å². The molecule has 0 aliphatic carbocycles. The molecule has 0 aromatic heterocycles. The topological polar surface area (TPSA) is 52.7 Å². The lowest BCUT2D eigenvalue weighted by atomic mass is 10.2. The fourth-order valence-corrected chi connectivity index (χ4v) is 3.67. The SMILES string of the molecule is O=C(Nc1cccc(Cl)c1)N1CCCN(C(=O)c2cc(Br)ccc2Cl)CC1. The van der Waals surface area contributed by atoms with Crippen LogP contribution in [0.1, 0.15) is 16.8 Å². The van der Waals surface area contributed by atoms with Crippen molar-refractivity contribution in [1.82, 2.24) is 9.80 Å². The molecule has 1 saturated heterocycles. The Morgan fingerprint density at radius 1 is 0.963 bits per heavy atom. The molecule has 3 rings (SSSR count). The largest absolute Gasteiger partial charge is 0.337 e. The van der Waals surface area contributed by atoms with E-state index in [2.05, 4.69) is 21.2 Å². The Labute approximate surface area is 176 Å². The van der Waals surface area contributed by atoms with Crippen LogP contribution in [0, 0.1) is 0 Å². The summed E-state index contributed by atoms with van der Waals surface area (Å²) in [6.07, 6.45) is 0.695. The van der Waals surface area contributed by atoms with E-state index in [4.69, 9.17) is 23.2 Å². The number of rotatable bonds is 2. The van der Waals surface area contributed by atoms with E-state index in [0.29, 0.717) is 53.9 Å². The Kier molecular flexibility index (Phi) is 6.63. The molecular formula is C19H18BrCl2N3O2. The van der Waals surface area contributed by atoms with E-state index in [1.807, 2.05) is 0 Å². The fourth-order valence-electron chi connectivity index (χ4n) is 2.92. The van der Waals surface area contributed by atoms with E-state index in [-0.39, 0.29) is 11.9 Å². The third-order valence-corrected chi connectivity index (χ3v) is 5.36. The zero-order valence-corrected chi connectivity index (χ0v) is 17.5. The number of hydrogen-bond donors (Lipinski definition) is 1. The molecule has 0 unspecified atom stereocenters. The van der Waals surface area contributed by atoms with Gasteiger partial charge in [-0.1, -0.05) is 45.2 Å². The van der Waals surface area contributed by atoms with Gasteiger partial charge in [-0.15, -0.1) is 0 Å². The zero-order valence-electron chi connectivity index (χ0n) is 14.4. The summed E-state index contributed by atoms with van der Waals surface area (Å²) in [4.78, 5) is 28.8. The second-order valence-electron chi connectivity index (χ2n) is 6.20. The molecule has 27 heavy (non-hydrogen) atoms. The van der Waals surface area contributed by atoms with Crippen molar-refractivity contribution < 1.29 is 9.59 Å². The number of benzene rings is 2. The van der Waals surface area contributed by atoms with Gasteiger partial charge in [-0.25, -0.2) is 4.79 Å². The predicted molar refractivity (Wildman–Crippen MR) is 112 cm³/mol. The maximum absolute atomic E-state index is 12.8. The van der Waals surface area contributed by atoms with E-state index < -0.39 is 0 Å². The lowest BCUT2D eigenvalue weighted by Crippen LogP contribution is -2.39. The number of nitrogens with zero attached hydrogens (tertiary/aromatic N) is 2. The van der Waals surface area contributed by atoms with Crippen molar-refractivity contribution in [3.63, 3.8) is 0 Å². The summed E-state index contributed by atoms with van der Waals surface area (Å²) in [6.45, 7) is 2.04. The summed E-state index contributed by atoms with van der Waals surface area (Å²) in [6, 6.07) is 12.0. The van der Waals surface area contributed by atoms with Crippen molar-refractivity contribution in [2.45, 2.75) is 6.42 Å². The first kappa shape index (κ1) is 20.0. The molecule has 2 aromatic rings. The minimum atomic E-state index is -0.202. The zero-order chi connectivity index (χ0) is 19.4. The minimum Gasteiger partial charge on any atom is -0.337 e. The summed E-state index contributed by atoms with van der Waals surface area (Å²) >= 11 is 15.5. The first-order valence-electron chi connectivity index (χ1n) is 8.50. The van der Waals surface area contributed by atoms with Gasteiger partial charge in [0.15, 0.2) is 0 Å². The number of hydrogen-bond acceptors (Lipinski definition) is 2. The summed E-state index contributed by atoms with van der Waals surface area (Å²) in [7, 11) is 0. The average molecular weight is 471 g/mol. The lowest BCUT2D eigenvalue weighted by molar-refractivity contribution is 0.0763. The first-order valence-corrected chi connectivity index (χ1v) is 10.0. The molecule has 3 amide bonds. The number of nitrogens with one attached hydrogen (secondary N) is 1. The Balaban J connectivity index is 1.64. The highest BCUT2D eigenvalue weighted by molar-refractivity contribution is 9.10. The lowest BCUT2D eigenvalue weighted by Gasteiger charge is -2.23. The second kappa shape index (κ2) is 8.95. The van der Waals surface area contributed by atoms with Crippen LogP contribution in [-0.2, 0) is 0 Å². The normalized spacial score (nSPS) is 14.6. The molecule has 0 spiro atoms. The van der Waals surface area contributed by atoms with Gasteiger partial charge in [0.2, 0.25) is 0 Å². The van der Waals surface area contributed by atoms with Crippen molar-refractivity contribution in [3.8, 4) is 0 Å². The fraction of sp³-hybridized carbons (Fsp3) is 0.263.